The molecule has 6 heteroatoms. The lowest BCUT2D eigenvalue weighted by Crippen LogP contribution is -2.02. The van der Waals surface area contributed by atoms with E-state index in [-0.39, 0.29) is 29.5 Å². The van der Waals surface area contributed by atoms with E-state index in [2.05, 4.69) is 27.7 Å². The van der Waals surface area contributed by atoms with Crippen molar-refractivity contribution in [3.05, 3.63) is 58.7 Å². The molecule has 0 aliphatic heterocycles. The quantitative estimate of drug-likeness (QED) is 0.222. The van der Waals surface area contributed by atoms with Crippen molar-refractivity contribution in [1.82, 2.24) is 0 Å². The summed E-state index contributed by atoms with van der Waals surface area (Å²) >= 11 is 0. The average Bonchev–Trinajstić information content (AvgIpc) is 2.85. The maximum atomic E-state index is 12.4. The number of benzene rings is 2. The first-order valence-corrected chi connectivity index (χ1v) is 12.8. The monoisotopic (exact) mass is 508 g/mol. The van der Waals surface area contributed by atoms with E-state index in [1.165, 1.54) is 26.4 Å². The molecule has 37 heavy (non-hydrogen) atoms. The van der Waals surface area contributed by atoms with Crippen molar-refractivity contribution in [3.8, 4) is 23.0 Å². The van der Waals surface area contributed by atoms with Crippen LogP contribution in [-0.4, -0.2) is 36.0 Å². The lowest BCUT2D eigenvalue weighted by molar-refractivity contribution is -0.121. The van der Waals surface area contributed by atoms with Gasteiger partial charge in [0.1, 0.15) is 0 Å². The Labute approximate surface area is 220 Å². The minimum atomic E-state index is -0.327. The highest BCUT2D eigenvalue weighted by Gasteiger charge is 2.13. The Kier molecular flexibility index (Phi) is 11.4. The molecule has 2 aromatic rings. The normalized spacial score (nSPS) is 11.7. The number of carbonyl (C=O) groups is 2. The molecular weight excluding hydrogens is 468 g/mol. The molecule has 6 nitrogen and oxygen atoms in total. The van der Waals surface area contributed by atoms with Gasteiger partial charge in [-0.2, -0.15) is 0 Å². The lowest BCUT2D eigenvalue weighted by Gasteiger charge is -2.12. The fourth-order valence-electron chi connectivity index (χ4n) is 3.82. The van der Waals surface area contributed by atoms with Crippen LogP contribution in [0.2, 0.25) is 0 Å². The first-order chi connectivity index (χ1) is 17.5. The number of ether oxygens (including phenoxy) is 2. The zero-order chi connectivity index (χ0) is 27.5. The molecule has 0 spiro atoms. The number of phenolic OH excluding ortho intramolecular Hbond substituents is 2. The van der Waals surface area contributed by atoms with Crippen molar-refractivity contribution in [2.75, 3.05) is 14.2 Å². The highest BCUT2D eigenvalue weighted by Crippen LogP contribution is 2.34. The second-order valence-corrected chi connectivity index (χ2v) is 10.1. The minimum absolute atomic E-state index is 0.116. The van der Waals surface area contributed by atoms with Crippen LogP contribution in [0.4, 0.5) is 0 Å². The highest BCUT2D eigenvalue weighted by atomic mass is 16.5. The zero-order valence-electron chi connectivity index (χ0n) is 22.8. The van der Waals surface area contributed by atoms with Gasteiger partial charge in [0.05, 0.1) is 20.6 Å². The molecule has 2 rings (SSSR count). The molecule has 0 saturated carbocycles. The van der Waals surface area contributed by atoms with Gasteiger partial charge in [0.15, 0.2) is 34.6 Å². The fraction of sp³-hybridized carbons (Fsp3) is 0.419. The van der Waals surface area contributed by atoms with Gasteiger partial charge in [-0.15, -0.1) is 0 Å². The van der Waals surface area contributed by atoms with Gasteiger partial charge in [0, 0.05) is 0 Å². The first kappa shape index (κ1) is 29.7. The number of ketones is 2. The maximum absolute atomic E-state index is 12.4. The smallest absolute Gasteiger partial charge is 0.163 e. The number of rotatable bonds is 14. The van der Waals surface area contributed by atoms with Gasteiger partial charge >= 0.3 is 0 Å². The zero-order valence-corrected chi connectivity index (χ0v) is 22.8. The van der Waals surface area contributed by atoms with Crippen LogP contribution in [0.25, 0.3) is 12.2 Å². The summed E-state index contributed by atoms with van der Waals surface area (Å²) in [6.45, 7) is 8.47. The molecule has 0 radical (unpaired) electrons. The van der Waals surface area contributed by atoms with Crippen molar-refractivity contribution in [3.63, 3.8) is 0 Å². The summed E-state index contributed by atoms with van der Waals surface area (Å²) < 4.78 is 10.6. The number of aryl methyl sites for hydroxylation is 2. The second kappa shape index (κ2) is 14.3. The summed E-state index contributed by atoms with van der Waals surface area (Å²) in [7, 11) is 2.98. The summed E-state index contributed by atoms with van der Waals surface area (Å²) in [5, 5.41) is 20.8. The Balaban J connectivity index is 2.09. The molecule has 200 valence electrons. The van der Waals surface area contributed by atoms with E-state index in [1.54, 1.807) is 24.3 Å². The largest absolute Gasteiger partial charge is 0.504 e. The third-order valence-electron chi connectivity index (χ3n) is 6.05. The molecule has 0 bridgehead atoms. The third-order valence-corrected chi connectivity index (χ3v) is 6.05. The molecule has 0 aliphatic rings. The van der Waals surface area contributed by atoms with Crippen LogP contribution in [0.1, 0.15) is 69.2 Å². The van der Waals surface area contributed by atoms with Crippen molar-refractivity contribution < 1.29 is 29.3 Å². The van der Waals surface area contributed by atoms with Crippen LogP contribution in [0.3, 0.4) is 0 Å². The Morgan fingerprint density at radius 1 is 0.730 bits per heavy atom. The molecule has 2 N–H and O–H groups in total. The molecule has 0 unspecified atom stereocenters. The third kappa shape index (κ3) is 9.45. The summed E-state index contributed by atoms with van der Waals surface area (Å²) in [6.07, 6.45) is 8.95. The van der Waals surface area contributed by atoms with Gasteiger partial charge in [0.25, 0.3) is 0 Å². The van der Waals surface area contributed by atoms with Crippen molar-refractivity contribution in [2.24, 2.45) is 11.8 Å². The van der Waals surface area contributed by atoms with E-state index in [0.717, 1.165) is 35.1 Å². The molecule has 0 aliphatic carbocycles. The van der Waals surface area contributed by atoms with Crippen LogP contribution in [0.5, 0.6) is 23.0 Å². The first-order valence-electron chi connectivity index (χ1n) is 12.8. The Bertz CT molecular complexity index is 1050. The molecule has 0 heterocycles. The summed E-state index contributed by atoms with van der Waals surface area (Å²) in [6, 6.07) is 6.99. The standard InChI is InChI=1S/C31H40O6/c1-20(2)7-11-24-15-22(17-28(36-5)30(24)34)9-13-26(32)19-27(33)14-10-23-16-25(12-8-21(3)4)31(35)29(18-23)37-6/h9-10,13-18,20-21,34-35H,7-8,11-12,19H2,1-6H3/b13-9+,14-10+. The SMILES string of the molecule is COc1cc(/C=C/C(=O)CC(=O)/C=C/c2cc(CCC(C)C)c(O)c(OC)c2)cc(CCC(C)C)c1O. The maximum Gasteiger partial charge on any atom is 0.163 e. The Morgan fingerprint density at radius 3 is 1.43 bits per heavy atom. The summed E-state index contributed by atoms with van der Waals surface area (Å²) in [4.78, 5) is 24.9. The fourth-order valence-corrected chi connectivity index (χ4v) is 3.82. The van der Waals surface area contributed by atoms with Gasteiger partial charge in [-0.05, 0) is 96.2 Å². The van der Waals surface area contributed by atoms with E-state index in [1.807, 2.05) is 12.1 Å². The van der Waals surface area contributed by atoms with Crippen LogP contribution >= 0.6 is 0 Å². The second-order valence-electron chi connectivity index (χ2n) is 10.1. The average molecular weight is 509 g/mol. The van der Waals surface area contributed by atoms with Gasteiger partial charge in [-0.1, -0.05) is 39.8 Å². The number of hydrogen-bond donors (Lipinski definition) is 2. The van der Waals surface area contributed by atoms with Crippen LogP contribution in [0.15, 0.2) is 36.4 Å². The molecule has 0 aromatic heterocycles. The van der Waals surface area contributed by atoms with Gasteiger partial charge in [0.2, 0.25) is 0 Å². The van der Waals surface area contributed by atoms with E-state index >= 15 is 0 Å². The summed E-state index contributed by atoms with van der Waals surface area (Å²) in [5.74, 6) is 1.25. The van der Waals surface area contributed by atoms with E-state index in [9.17, 15) is 19.8 Å². The van der Waals surface area contributed by atoms with Crippen LogP contribution < -0.4 is 9.47 Å². The highest BCUT2D eigenvalue weighted by molar-refractivity contribution is 6.10. The van der Waals surface area contributed by atoms with Gasteiger partial charge in [-0.25, -0.2) is 0 Å². The van der Waals surface area contributed by atoms with Crippen molar-refractivity contribution in [1.29, 1.82) is 0 Å². The molecule has 0 amide bonds. The van der Waals surface area contributed by atoms with E-state index < -0.39 is 0 Å². The van der Waals surface area contributed by atoms with Gasteiger partial charge < -0.3 is 19.7 Å². The predicted molar refractivity (Wildman–Crippen MR) is 148 cm³/mol. The molecular formula is C31H40O6. The molecule has 0 atom stereocenters. The van der Waals surface area contributed by atoms with Crippen molar-refractivity contribution in [2.45, 2.75) is 59.8 Å². The van der Waals surface area contributed by atoms with E-state index in [0.29, 0.717) is 36.2 Å². The number of carbonyl (C=O) groups excluding carboxylic acids is 2. The Hall–Kier alpha value is -3.54. The van der Waals surface area contributed by atoms with Crippen molar-refractivity contribution >= 4 is 23.7 Å². The number of aromatic hydroxyl groups is 2. The lowest BCUT2D eigenvalue weighted by atomic mass is 9.99. The summed E-state index contributed by atoms with van der Waals surface area (Å²) in [5.41, 5.74) is 2.96. The predicted octanol–water partition coefficient (Wildman–Crippen LogP) is 6.55. The number of hydrogen-bond acceptors (Lipinski definition) is 6. The van der Waals surface area contributed by atoms with Crippen LogP contribution in [0, 0.1) is 11.8 Å². The molecule has 0 fully saturated rings. The molecule has 0 saturated heterocycles. The topological polar surface area (TPSA) is 93.1 Å². The van der Waals surface area contributed by atoms with E-state index in [4.69, 9.17) is 9.47 Å². The number of methoxy groups -OCH3 is 2. The molecule has 2 aromatic carbocycles. The van der Waals surface area contributed by atoms with Crippen LogP contribution in [-0.2, 0) is 22.4 Å². The number of allylic oxidation sites excluding steroid dienone is 2. The number of phenols is 2. The Morgan fingerprint density at radius 2 is 1.11 bits per heavy atom. The van der Waals surface area contributed by atoms with Gasteiger partial charge in [-0.3, -0.25) is 9.59 Å². The minimum Gasteiger partial charge on any atom is -0.504 e.